The molecule has 2 heteroatoms. The van der Waals surface area contributed by atoms with Crippen LogP contribution < -0.4 is 0 Å². The molecule has 0 radical (unpaired) electrons. The van der Waals surface area contributed by atoms with Crippen molar-refractivity contribution in [3.63, 3.8) is 0 Å². The molecule has 0 fully saturated rings. The van der Waals surface area contributed by atoms with Gasteiger partial charge in [0.15, 0.2) is 0 Å². The summed E-state index contributed by atoms with van der Waals surface area (Å²) in [7, 11) is 0. The highest BCUT2D eigenvalue weighted by molar-refractivity contribution is 8.00. The van der Waals surface area contributed by atoms with Crippen molar-refractivity contribution >= 4 is 29.2 Å². The maximum Gasteiger partial charge on any atom is 0.0670 e. The highest BCUT2D eigenvalue weighted by Gasteiger charge is 2.02. The molecule has 0 atom stereocenters. The van der Waals surface area contributed by atoms with Gasteiger partial charge in [-0.15, -0.1) is 23.1 Å². The first-order valence-corrected chi connectivity index (χ1v) is 5.14. The van der Waals surface area contributed by atoms with Crippen LogP contribution in [0.2, 0.25) is 0 Å². The highest BCUT2D eigenvalue weighted by Crippen LogP contribution is 2.30. The summed E-state index contributed by atoms with van der Waals surface area (Å²) < 4.78 is 1.37. The molecule has 0 aliphatic rings. The molecule has 1 aromatic rings. The Morgan fingerprint density at radius 3 is 2.80 bits per heavy atom. The van der Waals surface area contributed by atoms with Crippen molar-refractivity contribution in [1.29, 1.82) is 0 Å². The third-order valence-electron chi connectivity index (χ3n) is 1.38. The fraction of sp³-hybridized carbons (Fsp3) is 0.250. The van der Waals surface area contributed by atoms with Gasteiger partial charge in [0.1, 0.15) is 0 Å². The Morgan fingerprint density at radius 1 is 1.70 bits per heavy atom. The van der Waals surface area contributed by atoms with E-state index in [2.05, 4.69) is 25.1 Å². The van der Waals surface area contributed by atoms with E-state index in [0.29, 0.717) is 0 Å². The minimum Gasteiger partial charge on any atom is -0.137 e. The molecule has 0 bridgehead atoms. The van der Waals surface area contributed by atoms with Crippen molar-refractivity contribution in [1.82, 2.24) is 0 Å². The van der Waals surface area contributed by atoms with E-state index in [-0.39, 0.29) is 0 Å². The van der Waals surface area contributed by atoms with Gasteiger partial charge < -0.3 is 0 Å². The largest absolute Gasteiger partial charge is 0.137 e. The van der Waals surface area contributed by atoms with E-state index in [1.807, 2.05) is 6.08 Å². The van der Waals surface area contributed by atoms with Crippen LogP contribution in [-0.4, -0.2) is 6.26 Å². The molecule has 0 unspecified atom stereocenters. The number of hydrogen-bond donors (Lipinski definition) is 0. The predicted molar refractivity (Wildman–Crippen MR) is 50.9 cm³/mol. The monoisotopic (exact) mass is 170 g/mol. The molecular formula is C8H10S2. The molecule has 0 aliphatic carbocycles. The molecule has 0 spiro atoms. The second kappa shape index (κ2) is 3.26. The maximum absolute atomic E-state index is 3.77. The van der Waals surface area contributed by atoms with Crippen molar-refractivity contribution < 1.29 is 0 Å². The molecule has 0 N–H and O–H groups in total. The molecule has 1 heterocycles. The van der Waals surface area contributed by atoms with E-state index in [0.717, 1.165) is 0 Å². The lowest BCUT2D eigenvalue weighted by Crippen LogP contribution is -1.71. The second-order valence-corrected chi connectivity index (χ2v) is 3.98. The van der Waals surface area contributed by atoms with E-state index in [1.54, 1.807) is 23.1 Å². The SMILES string of the molecule is C=Cc1c(C)csc1SC. The summed E-state index contributed by atoms with van der Waals surface area (Å²) in [6, 6.07) is 0. The molecule has 0 amide bonds. The summed E-state index contributed by atoms with van der Waals surface area (Å²) in [6.07, 6.45) is 4.02. The first-order chi connectivity index (χ1) is 4.79. The van der Waals surface area contributed by atoms with Crippen LogP contribution in [0.3, 0.4) is 0 Å². The number of aryl methyl sites for hydroxylation is 1. The quantitative estimate of drug-likeness (QED) is 0.613. The average Bonchev–Trinajstić information content (AvgIpc) is 2.30. The highest BCUT2D eigenvalue weighted by atomic mass is 32.2. The normalized spacial score (nSPS) is 9.80. The minimum atomic E-state index is 1.30. The zero-order valence-electron chi connectivity index (χ0n) is 6.18. The summed E-state index contributed by atoms with van der Waals surface area (Å²) in [4.78, 5) is 0. The Morgan fingerprint density at radius 2 is 2.40 bits per heavy atom. The van der Waals surface area contributed by atoms with Crippen LogP contribution in [0.5, 0.6) is 0 Å². The lowest BCUT2D eigenvalue weighted by atomic mass is 10.2. The van der Waals surface area contributed by atoms with Gasteiger partial charge in [0, 0.05) is 5.56 Å². The zero-order valence-corrected chi connectivity index (χ0v) is 7.81. The molecule has 10 heavy (non-hydrogen) atoms. The zero-order chi connectivity index (χ0) is 7.56. The third-order valence-corrected chi connectivity index (χ3v) is 3.66. The molecule has 54 valence electrons. The van der Waals surface area contributed by atoms with Crippen molar-refractivity contribution in [2.24, 2.45) is 0 Å². The van der Waals surface area contributed by atoms with Crippen molar-refractivity contribution in [3.05, 3.63) is 23.1 Å². The standard InChI is InChI=1S/C8H10S2/c1-4-7-6(2)5-10-8(7)9-3/h4-5H,1H2,2-3H3. The summed E-state index contributed by atoms with van der Waals surface area (Å²) in [5.41, 5.74) is 2.64. The molecule has 0 saturated heterocycles. The molecule has 0 aromatic carbocycles. The first-order valence-electron chi connectivity index (χ1n) is 3.04. The molecule has 0 aliphatic heterocycles. The maximum atomic E-state index is 3.77. The number of thioether (sulfide) groups is 1. The summed E-state index contributed by atoms with van der Waals surface area (Å²) in [6.45, 7) is 5.88. The second-order valence-electron chi connectivity index (χ2n) is 2.03. The molecule has 0 nitrogen and oxygen atoms in total. The van der Waals surface area contributed by atoms with E-state index < -0.39 is 0 Å². The van der Waals surface area contributed by atoms with E-state index in [4.69, 9.17) is 0 Å². The average molecular weight is 170 g/mol. The predicted octanol–water partition coefficient (Wildman–Crippen LogP) is 3.42. The van der Waals surface area contributed by atoms with Gasteiger partial charge in [-0.3, -0.25) is 0 Å². The van der Waals surface area contributed by atoms with Crippen molar-refractivity contribution in [3.8, 4) is 0 Å². The first kappa shape index (κ1) is 7.89. The molecule has 0 saturated carbocycles. The summed E-state index contributed by atoms with van der Waals surface area (Å²) in [5.74, 6) is 0. The van der Waals surface area contributed by atoms with Crippen LogP contribution in [0.4, 0.5) is 0 Å². The summed E-state index contributed by atoms with van der Waals surface area (Å²) in [5, 5.41) is 2.17. The van der Waals surface area contributed by atoms with E-state index in [9.17, 15) is 0 Å². The topological polar surface area (TPSA) is 0 Å². The van der Waals surface area contributed by atoms with Gasteiger partial charge in [0.25, 0.3) is 0 Å². The van der Waals surface area contributed by atoms with Crippen molar-refractivity contribution in [2.45, 2.75) is 11.1 Å². The van der Waals surface area contributed by atoms with Crippen LogP contribution in [-0.2, 0) is 0 Å². The number of rotatable bonds is 2. The van der Waals surface area contributed by atoms with Gasteiger partial charge in [0.05, 0.1) is 4.21 Å². The Balaban J connectivity index is 3.12. The van der Waals surface area contributed by atoms with Crippen LogP contribution in [0.25, 0.3) is 6.08 Å². The number of hydrogen-bond acceptors (Lipinski definition) is 2. The van der Waals surface area contributed by atoms with Gasteiger partial charge >= 0.3 is 0 Å². The lowest BCUT2D eigenvalue weighted by Gasteiger charge is -1.92. The fourth-order valence-corrected chi connectivity index (χ4v) is 2.61. The molecule has 1 aromatic heterocycles. The lowest BCUT2D eigenvalue weighted by molar-refractivity contribution is 1.47. The van der Waals surface area contributed by atoms with E-state index in [1.165, 1.54) is 15.3 Å². The van der Waals surface area contributed by atoms with E-state index >= 15 is 0 Å². The van der Waals surface area contributed by atoms with Gasteiger partial charge in [0.2, 0.25) is 0 Å². The molecule has 1 rings (SSSR count). The van der Waals surface area contributed by atoms with Crippen LogP contribution in [0, 0.1) is 6.92 Å². The Hall–Kier alpha value is -0.210. The van der Waals surface area contributed by atoms with Crippen molar-refractivity contribution in [2.75, 3.05) is 6.26 Å². The van der Waals surface area contributed by atoms with Crippen LogP contribution in [0.15, 0.2) is 16.2 Å². The molecular weight excluding hydrogens is 160 g/mol. The minimum absolute atomic E-state index is 1.30. The third kappa shape index (κ3) is 1.27. The number of thiophene rings is 1. The van der Waals surface area contributed by atoms with Gasteiger partial charge in [-0.05, 0) is 24.1 Å². The summed E-state index contributed by atoms with van der Waals surface area (Å²) >= 11 is 3.58. The van der Waals surface area contributed by atoms with Gasteiger partial charge in [-0.25, -0.2) is 0 Å². The van der Waals surface area contributed by atoms with Crippen LogP contribution in [0.1, 0.15) is 11.1 Å². The Labute approximate surface area is 70.0 Å². The Bertz CT molecular complexity index is 235. The van der Waals surface area contributed by atoms with Gasteiger partial charge in [-0.2, -0.15) is 0 Å². The fourth-order valence-electron chi connectivity index (χ4n) is 0.832. The van der Waals surface area contributed by atoms with Crippen LogP contribution >= 0.6 is 23.1 Å². The Kier molecular flexibility index (Phi) is 2.57. The van der Waals surface area contributed by atoms with Gasteiger partial charge in [-0.1, -0.05) is 12.7 Å². The smallest absolute Gasteiger partial charge is 0.0670 e.